The molecule has 0 bridgehead atoms. The first-order valence-electron chi connectivity index (χ1n) is 14.3. The van der Waals surface area contributed by atoms with Crippen LogP contribution in [0.5, 0.6) is 0 Å². The quantitative estimate of drug-likeness (QED) is 0.293. The zero-order valence-electron chi connectivity index (χ0n) is 24.3. The Morgan fingerprint density at radius 3 is 2.34 bits per heavy atom. The number of amides is 4. The van der Waals surface area contributed by atoms with Gasteiger partial charge >= 0.3 is 6.09 Å². The number of anilines is 1. The molecule has 4 rings (SSSR count). The van der Waals surface area contributed by atoms with E-state index in [9.17, 15) is 19.2 Å². The molecule has 2 fully saturated rings. The van der Waals surface area contributed by atoms with Crippen molar-refractivity contribution in [3.63, 3.8) is 0 Å². The summed E-state index contributed by atoms with van der Waals surface area (Å²) in [4.78, 5) is 52.9. The lowest BCUT2D eigenvalue weighted by atomic mass is 9.92. The van der Waals surface area contributed by atoms with Crippen LogP contribution in [0.1, 0.15) is 72.9 Å². The van der Waals surface area contributed by atoms with Crippen LogP contribution in [0.2, 0.25) is 0 Å². The summed E-state index contributed by atoms with van der Waals surface area (Å²) in [6.07, 6.45) is 1.81. The molecule has 0 radical (unpaired) electrons. The Balaban J connectivity index is 1.45. The first-order valence-corrected chi connectivity index (χ1v) is 14.3. The highest BCUT2D eigenvalue weighted by atomic mass is 16.6. The predicted octanol–water partition coefficient (Wildman–Crippen LogP) is 3.39. The summed E-state index contributed by atoms with van der Waals surface area (Å²) >= 11 is 0. The summed E-state index contributed by atoms with van der Waals surface area (Å²) in [5, 5.41) is 11.9. The molecule has 2 atom stereocenters. The number of nitrogens with one attached hydrogen (secondary N) is 4. The summed E-state index contributed by atoms with van der Waals surface area (Å²) in [5.74, 6) is -0.218. The molecule has 2 aliphatic rings. The van der Waals surface area contributed by atoms with Crippen LogP contribution in [0.3, 0.4) is 0 Å². The van der Waals surface area contributed by atoms with Gasteiger partial charge in [-0.15, -0.1) is 0 Å². The van der Waals surface area contributed by atoms with E-state index in [0.717, 1.165) is 5.56 Å². The number of carbonyl (C=O) groups excluding carboxylic acids is 4. The summed E-state index contributed by atoms with van der Waals surface area (Å²) in [5.41, 5.74) is 1.55. The van der Waals surface area contributed by atoms with E-state index < -0.39 is 12.0 Å². The molecule has 10 nitrogen and oxygen atoms in total. The molecule has 2 aromatic rings. The van der Waals surface area contributed by atoms with Crippen molar-refractivity contribution in [1.29, 1.82) is 0 Å². The van der Waals surface area contributed by atoms with Crippen LogP contribution in [0.15, 0.2) is 48.5 Å². The number of rotatable bonds is 12. The number of cyclic esters (lactones) is 1. The normalized spacial score (nSPS) is 17.7. The van der Waals surface area contributed by atoms with Gasteiger partial charge in [0.05, 0.1) is 18.7 Å². The molecular formula is C31H41N5O5. The fourth-order valence-corrected chi connectivity index (χ4v) is 4.58. The van der Waals surface area contributed by atoms with Crippen molar-refractivity contribution in [2.24, 2.45) is 11.3 Å². The maximum atomic E-state index is 13.3. The van der Waals surface area contributed by atoms with Crippen LogP contribution in [-0.2, 0) is 9.53 Å². The Labute approximate surface area is 241 Å². The molecule has 1 aliphatic heterocycles. The van der Waals surface area contributed by atoms with Gasteiger partial charge in [0, 0.05) is 48.4 Å². The zero-order chi connectivity index (χ0) is 29.6. The summed E-state index contributed by atoms with van der Waals surface area (Å²) in [6.45, 7) is 9.67. The average Bonchev–Trinajstić information content (AvgIpc) is 3.80. The molecule has 1 aliphatic carbocycles. The minimum Gasteiger partial charge on any atom is -0.449 e. The van der Waals surface area contributed by atoms with Crippen molar-refractivity contribution < 1.29 is 23.9 Å². The van der Waals surface area contributed by atoms with Gasteiger partial charge in [-0.2, -0.15) is 0 Å². The van der Waals surface area contributed by atoms with Crippen molar-refractivity contribution in [2.45, 2.75) is 52.6 Å². The number of benzene rings is 2. The zero-order valence-corrected chi connectivity index (χ0v) is 24.3. The second kappa shape index (κ2) is 13.2. The molecular weight excluding hydrogens is 522 g/mol. The van der Waals surface area contributed by atoms with Gasteiger partial charge < -0.3 is 26.0 Å². The minimum atomic E-state index is -0.524. The van der Waals surface area contributed by atoms with Crippen LogP contribution >= 0.6 is 0 Å². The van der Waals surface area contributed by atoms with E-state index in [-0.39, 0.29) is 53.6 Å². The predicted molar refractivity (Wildman–Crippen MR) is 157 cm³/mol. The lowest BCUT2D eigenvalue weighted by Crippen LogP contribution is -2.47. The summed E-state index contributed by atoms with van der Waals surface area (Å²) < 4.78 is 5.38. The number of ether oxygens (including phenoxy) is 1. The van der Waals surface area contributed by atoms with E-state index in [2.05, 4.69) is 21.3 Å². The van der Waals surface area contributed by atoms with Crippen LogP contribution in [0, 0.1) is 11.3 Å². The van der Waals surface area contributed by atoms with Gasteiger partial charge in [-0.05, 0) is 56.4 Å². The molecule has 0 spiro atoms. The molecule has 0 unspecified atom stereocenters. The fraction of sp³-hybridized carbons (Fsp3) is 0.484. The number of hydrogen-bond acceptors (Lipinski definition) is 6. The third-order valence-electron chi connectivity index (χ3n) is 7.31. The number of carbonyl (C=O) groups is 4. The van der Waals surface area contributed by atoms with Gasteiger partial charge in [-0.25, -0.2) is 4.79 Å². The topological polar surface area (TPSA) is 129 Å². The van der Waals surface area contributed by atoms with Gasteiger partial charge in [0.25, 0.3) is 11.8 Å². The van der Waals surface area contributed by atoms with Crippen molar-refractivity contribution in [3.05, 3.63) is 65.2 Å². The van der Waals surface area contributed by atoms with Gasteiger partial charge in [-0.1, -0.05) is 44.2 Å². The standard InChI is InChI=1S/C31H41N5O5/c1-20(23-8-6-5-7-9-23)35-29(39)25-14-24(15-26(16-25)36-18-31(3,4)19-41-30(36)40)28(38)33-13-12-32-21(2)27(37)34-17-22-10-11-22/h5-9,14-16,20-22,32H,10-13,17-19H2,1-4H3,(H,33,38)(H,34,37)(H,35,39)/t20-,21+/m1/s1. The first-order chi connectivity index (χ1) is 19.5. The molecule has 1 saturated carbocycles. The molecule has 10 heteroatoms. The lowest BCUT2D eigenvalue weighted by Gasteiger charge is -2.37. The molecule has 4 amide bonds. The van der Waals surface area contributed by atoms with E-state index in [0.29, 0.717) is 31.2 Å². The third-order valence-corrected chi connectivity index (χ3v) is 7.31. The maximum absolute atomic E-state index is 13.3. The van der Waals surface area contributed by atoms with Gasteiger partial charge in [-0.3, -0.25) is 19.3 Å². The fourth-order valence-electron chi connectivity index (χ4n) is 4.58. The highest BCUT2D eigenvalue weighted by molar-refractivity contribution is 6.02. The van der Waals surface area contributed by atoms with Crippen molar-refractivity contribution in [3.8, 4) is 0 Å². The maximum Gasteiger partial charge on any atom is 0.414 e. The monoisotopic (exact) mass is 563 g/mol. The first kappa shape index (κ1) is 30.0. The second-order valence-electron chi connectivity index (χ2n) is 11.8. The van der Waals surface area contributed by atoms with Crippen LogP contribution in [0.4, 0.5) is 10.5 Å². The molecule has 220 valence electrons. The lowest BCUT2D eigenvalue weighted by molar-refractivity contribution is -0.122. The molecule has 2 aromatic carbocycles. The van der Waals surface area contributed by atoms with Crippen molar-refractivity contribution in [2.75, 3.05) is 37.7 Å². The SMILES string of the molecule is C[C@H](NCCNC(=O)c1cc(C(=O)N[C@H](C)c2ccccc2)cc(N2CC(C)(C)COC2=O)c1)C(=O)NCC1CC1. The highest BCUT2D eigenvalue weighted by Gasteiger charge is 2.34. The number of nitrogens with zero attached hydrogens (tertiary/aromatic N) is 1. The van der Waals surface area contributed by atoms with E-state index in [1.54, 1.807) is 19.1 Å². The Bertz CT molecular complexity index is 1260. The van der Waals surface area contributed by atoms with E-state index in [4.69, 9.17) is 4.74 Å². The Hall–Kier alpha value is -3.92. The van der Waals surface area contributed by atoms with Crippen LogP contribution < -0.4 is 26.2 Å². The molecule has 0 aromatic heterocycles. The minimum absolute atomic E-state index is 0.0624. The highest BCUT2D eigenvalue weighted by Crippen LogP contribution is 2.30. The Morgan fingerprint density at radius 1 is 0.976 bits per heavy atom. The number of hydrogen-bond donors (Lipinski definition) is 4. The van der Waals surface area contributed by atoms with E-state index in [1.165, 1.54) is 23.8 Å². The second-order valence-corrected chi connectivity index (χ2v) is 11.8. The molecule has 4 N–H and O–H groups in total. The third kappa shape index (κ3) is 8.53. The van der Waals surface area contributed by atoms with Crippen molar-refractivity contribution >= 4 is 29.5 Å². The van der Waals surface area contributed by atoms with E-state index in [1.807, 2.05) is 51.1 Å². The molecule has 1 heterocycles. The Kier molecular flexibility index (Phi) is 9.65. The molecule has 41 heavy (non-hydrogen) atoms. The Morgan fingerprint density at radius 2 is 1.66 bits per heavy atom. The van der Waals surface area contributed by atoms with E-state index >= 15 is 0 Å². The molecule has 1 saturated heterocycles. The van der Waals surface area contributed by atoms with Gasteiger partial charge in [0.1, 0.15) is 0 Å². The van der Waals surface area contributed by atoms with Crippen LogP contribution in [-0.4, -0.2) is 62.6 Å². The summed E-state index contributed by atoms with van der Waals surface area (Å²) in [7, 11) is 0. The summed E-state index contributed by atoms with van der Waals surface area (Å²) in [6, 6.07) is 13.6. The van der Waals surface area contributed by atoms with Gasteiger partial charge in [0.2, 0.25) is 5.91 Å². The van der Waals surface area contributed by atoms with Crippen molar-refractivity contribution in [1.82, 2.24) is 21.3 Å². The van der Waals surface area contributed by atoms with Crippen LogP contribution in [0.25, 0.3) is 0 Å². The van der Waals surface area contributed by atoms with Gasteiger partial charge in [0.15, 0.2) is 0 Å². The largest absolute Gasteiger partial charge is 0.449 e. The average molecular weight is 564 g/mol. The smallest absolute Gasteiger partial charge is 0.414 e.